The minimum Gasteiger partial charge on any atom is -0.383 e. The number of benzene rings is 1. The molecule has 2 aliphatic rings. The molecule has 4 rings (SSSR count). The number of nitrogens with two attached hydrogens (primary N) is 1. The number of carbonyl (C=O) groups is 2. The van der Waals surface area contributed by atoms with Gasteiger partial charge in [0.1, 0.15) is 11.6 Å². The van der Waals surface area contributed by atoms with Crippen LogP contribution in [0.5, 0.6) is 0 Å². The number of anilines is 1. The Morgan fingerprint density at radius 2 is 1.90 bits per heavy atom. The van der Waals surface area contributed by atoms with Gasteiger partial charge in [0.15, 0.2) is 0 Å². The molecule has 3 heterocycles. The standard InChI is InChI=1S/C25H34N4O2/c1-17-4-3-5-18(2)29(17)16-24(31)28-13-11-21(15-28)23(30)9-7-19-6-8-22-20(14-19)10-12-27-25(22)26/h6,8,10,12,14,17-18,21H,3-5,7,9,11,13,15-16H2,1-2H3,(H2,26,27)/t17-,18+,21-/m1/s1. The molecule has 2 saturated heterocycles. The van der Waals surface area contributed by atoms with Gasteiger partial charge in [-0.25, -0.2) is 4.98 Å². The number of nitrogens with zero attached hydrogens (tertiary/aromatic N) is 3. The molecule has 0 radical (unpaired) electrons. The number of likely N-dealkylation sites (tertiary alicyclic amines) is 2. The highest BCUT2D eigenvalue weighted by molar-refractivity contribution is 5.91. The first kappa shape index (κ1) is 21.8. The van der Waals surface area contributed by atoms with E-state index >= 15 is 0 Å². The summed E-state index contributed by atoms with van der Waals surface area (Å²) in [6, 6.07) is 8.96. The first-order valence-corrected chi connectivity index (χ1v) is 11.6. The van der Waals surface area contributed by atoms with E-state index in [1.165, 1.54) is 6.42 Å². The summed E-state index contributed by atoms with van der Waals surface area (Å²) in [7, 11) is 0. The van der Waals surface area contributed by atoms with Crippen molar-refractivity contribution in [2.45, 2.75) is 64.5 Å². The van der Waals surface area contributed by atoms with E-state index < -0.39 is 0 Å². The van der Waals surface area contributed by atoms with E-state index in [-0.39, 0.29) is 17.6 Å². The molecule has 166 valence electrons. The maximum absolute atomic E-state index is 12.9. The molecule has 6 heteroatoms. The lowest BCUT2D eigenvalue weighted by atomic mass is 9.96. The minimum atomic E-state index is -0.0274. The summed E-state index contributed by atoms with van der Waals surface area (Å²) in [4.78, 5) is 34.0. The van der Waals surface area contributed by atoms with Crippen LogP contribution in [0.4, 0.5) is 5.82 Å². The molecule has 6 nitrogen and oxygen atoms in total. The zero-order valence-electron chi connectivity index (χ0n) is 18.7. The first-order valence-electron chi connectivity index (χ1n) is 11.6. The Hall–Kier alpha value is -2.47. The van der Waals surface area contributed by atoms with Gasteiger partial charge >= 0.3 is 0 Å². The normalized spacial score (nSPS) is 24.6. The van der Waals surface area contributed by atoms with Crippen molar-refractivity contribution in [3.63, 3.8) is 0 Å². The second-order valence-electron chi connectivity index (χ2n) is 9.34. The van der Waals surface area contributed by atoms with Gasteiger partial charge in [-0.2, -0.15) is 0 Å². The molecule has 0 aliphatic carbocycles. The van der Waals surface area contributed by atoms with E-state index in [4.69, 9.17) is 5.73 Å². The van der Waals surface area contributed by atoms with Crippen molar-refractivity contribution < 1.29 is 9.59 Å². The quantitative estimate of drug-likeness (QED) is 0.772. The van der Waals surface area contributed by atoms with Crippen LogP contribution in [0.25, 0.3) is 10.8 Å². The van der Waals surface area contributed by atoms with Crippen LogP contribution in [0.3, 0.4) is 0 Å². The van der Waals surface area contributed by atoms with Gasteiger partial charge in [0.2, 0.25) is 5.91 Å². The highest BCUT2D eigenvalue weighted by Gasteiger charge is 2.33. The molecule has 3 atom stereocenters. The van der Waals surface area contributed by atoms with E-state index in [0.29, 0.717) is 50.4 Å². The van der Waals surface area contributed by atoms with Gasteiger partial charge in [-0.1, -0.05) is 24.6 Å². The molecule has 1 amide bonds. The van der Waals surface area contributed by atoms with E-state index in [1.807, 2.05) is 23.1 Å². The van der Waals surface area contributed by atoms with Gasteiger partial charge in [-0.15, -0.1) is 0 Å². The third-order valence-corrected chi connectivity index (χ3v) is 7.21. The van der Waals surface area contributed by atoms with Crippen molar-refractivity contribution in [2.75, 3.05) is 25.4 Å². The summed E-state index contributed by atoms with van der Waals surface area (Å²) < 4.78 is 0. The Labute approximate surface area is 184 Å². The molecular formula is C25H34N4O2. The monoisotopic (exact) mass is 422 g/mol. The molecule has 2 fully saturated rings. The van der Waals surface area contributed by atoms with E-state index in [1.54, 1.807) is 6.20 Å². The zero-order chi connectivity index (χ0) is 22.0. The number of piperidine rings is 1. The number of fused-ring (bicyclic) bond motifs is 1. The van der Waals surface area contributed by atoms with Crippen molar-refractivity contribution in [3.8, 4) is 0 Å². The predicted molar refractivity (Wildman–Crippen MR) is 124 cm³/mol. The number of hydrogen-bond acceptors (Lipinski definition) is 5. The summed E-state index contributed by atoms with van der Waals surface area (Å²) in [6.07, 6.45) is 7.29. The number of rotatable bonds is 6. The lowest BCUT2D eigenvalue weighted by molar-refractivity contribution is -0.133. The Bertz CT molecular complexity index is 950. The van der Waals surface area contributed by atoms with Crippen LogP contribution in [-0.2, 0) is 16.0 Å². The largest absolute Gasteiger partial charge is 0.383 e. The smallest absolute Gasteiger partial charge is 0.236 e. The maximum Gasteiger partial charge on any atom is 0.236 e. The van der Waals surface area contributed by atoms with Gasteiger partial charge in [-0.3, -0.25) is 14.5 Å². The highest BCUT2D eigenvalue weighted by Crippen LogP contribution is 2.25. The molecule has 2 aliphatic heterocycles. The SMILES string of the molecule is C[C@@H]1CCC[C@H](C)N1CC(=O)N1CC[C@@H](C(=O)CCc2ccc3c(N)nccc3c2)C1. The lowest BCUT2D eigenvalue weighted by Crippen LogP contribution is -2.49. The van der Waals surface area contributed by atoms with Crippen molar-refractivity contribution in [2.24, 2.45) is 5.92 Å². The van der Waals surface area contributed by atoms with Crippen LogP contribution in [0.1, 0.15) is 51.5 Å². The topological polar surface area (TPSA) is 79.5 Å². The number of amides is 1. The number of hydrogen-bond donors (Lipinski definition) is 1. The van der Waals surface area contributed by atoms with Crippen LogP contribution < -0.4 is 5.73 Å². The minimum absolute atomic E-state index is 0.0274. The average Bonchev–Trinajstić information content (AvgIpc) is 3.25. The summed E-state index contributed by atoms with van der Waals surface area (Å²) in [6.45, 7) is 6.20. The van der Waals surface area contributed by atoms with E-state index in [0.717, 1.165) is 35.6 Å². The number of ketones is 1. The fourth-order valence-corrected chi connectivity index (χ4v) is 5.17. The number of carbonyl (C=O) groups excluding carboxylic acids is 2. The number of aryl methyl sites for hydroxylation is 1. The van der Waals surface area contributed by atoms with Gasteiger partial charge in [0, 0.05) is 49.1 Å². The third kappa shape index (κ3) is 4.90. The fourth-order valence-electron chi connectivity index (χ4n) is 5.17. The molecule has 1 aromatic heterocycles. The third-order valence-electron chi connectivity index (χ3n) is 7.21. The Morgan fingerprint density at radius 1 is 1.13 bits per heavy atom. The Kier molecular flexibility index (Phi) is 6.56. The van der Waals surface area contributed by atoms with Crippen LogP contribution in [0.15, 0.2) is 30.5 Å². The van der Waals surface area contributed by atoms with E-state index in [9.17, 15) is 9.59 Å². The van der Waals surface area contributed by atoms with Crippen molar-refractivity contribution in [1.29, 1.82) is 0 Å². The van der Waals surface area contributed by atoms with E-state index in [2.05, 4.69) is 29.8 Å². The second-order valence-corrected chi connectivity index (χ2v) is 9.34. The van der Waals surface area contributed by atoms with Crippen LogP contribution in [-0.4, -0.2) is 58.2 Å². The van der Waals surface area contributed by atoms with Gasteiger partial charge in [0.05, 0.1) is 6.54 Å². The number of pyridine rings is 1. The summed E-state index contributed by atoms with van der Waals surface area (Å²) >= 11 is 0. The van der Waals surface area contributed by atoms with Crippen LogP contribution in [0.2, 0.25) is 0 Å². The lowest BCUT2D eigenvalue weighted by Gasteiger charge is -2.39. The van der Waals surface area contributed by atoms with Gasteiger partial charge in [-0.05, 0) is 56.5 Å². The summed E-state index contributed by atoms with van der Waals surface area (Å²) in [5.41, 5.74) is 7.05. The Morgan fingerprint density at radius 3 is 2.68 bits per heavy atom. The maximum atomic E-state index is 12.9. The average molecular weight is 423 g/mol. The second kappa shape index (κ2) is 9.35. The van der Waals surface area contributed by atoms with Crippen LogP contribution >= 0.6 is 0 Å². The molecular weight excluding hydrogens is 388 g/mol. The summed E-state index contributed by atoms with van der Waals surface area (Å²) in [5.74, 6) is 0.950. The molecule has 1 aromatic carbocycles. The van der Waals surface area contributed by atoms with Crippen LogP contribution in [0, 0.1) is 5.92 Å². The van der Waals surface area contributed by atoms with Crippen molar-refractivity contribution in [1.82, 2.24) is 14.8 Å². The molecule has 0 unspecified atom stereocenters. The van der Waals surface area contributed by atoms with Crippen molar-refractivity contribution >= 4 is 28.3 Å². The predicted octanol–water partition coefficient (Wildman–Crippen LogP) is 3.43. The van der Waals surface area contributed by atoms with Crippen molar-refractivity contribution in [3.05, 3.63) is 36.0 Å². The van der Waals surface area contributed by atoms with Gasteiger partial charge in [0.25, 0.3) is 0 Å². The molecule has 31 heavy (non-hydrogen) atoms. The Balaban J connectivity index is 1.29. The number of aromatic nitrogens is 1. The fraction of sp³-hybridized carbons (Fsp3) is 0.560. The number of Topliss-reactive ketones (excluding diaryl/α,β-unsaturated/α-hetero) is 1. The molecule has 2 N–H and O–H groups in total. The first-order chi connectivity index (χ1) is 14.9. The molecule has 0 spiro atoms. The zero-order valence-corrected chi connectivity index (χ0v) is 18.7. The van der Waals surface area contributed by atoms with Gasteiger partial charge < -0.3 is 10.6 Å². The molecule has 0 saturated carbocycles. The molecule has 2 aromatic rings. The summed E-state index contributed by atoms with van der Waals surface area (Å²) in [5, 5.41) is 2.00. The molecule has 0 bridgehead atoms. The number of nitrogen functional groups attached to an aromatic ring is 1. The highest BCUT2D eigenvalue weighted by atomic mass is 16.2.